The van der Waals surface area contributed by atoms with Crippen LogP contribution in [-0.2, 0) is 9.47 Å². The third-order valence-electron chi connectivity index (χ3n) is 2.62. The summed E-state index contributed by atoms with van der Waals surface area (Å²) in [7, 11) is 1.73. The van der Waals surface area contributed by atoms with Gasteiger partial charge in [-0.15, -0.1) is 0 Å². The monoisotopic (exact) mass is 217 g/mol. The zero-order valence-electron chi connectivity index (χ0n) is 10.9. The summed E-state index contributed by atoms with van der Waals surface area (Å²) >= 11 is 0. The summed E-state index contributed by atoms with van der Waals surface area (Å²) in [5, 5.41) is 3.40. The van der Waals surface area contributed by atoms with E-state index < -0.39 is 0 Å². The Labute approximate surface area is 94.5 Å². The van der Waals surface area contributed by atoms with Crippen molar-refractivity contribution in [2.75, 3.05) is 40.0 Å². The molecule has 15 heavy (non-hydrogen) atoms. The maximum atomic E-state index is 5.51. The first-order chi connectivity index (χ1) is 7.02. The molecule has 0 spiro atoms. The molecule has 0 saturated heterocycles. The molecule has 0 aromatic carbocycles. The zero-order chi connectivity index (χ0) is 11.7. The molecule has 0 rings (SSSR count). The second-order valence-corrected chi connectivity index (χ2v) is 4.92. The summed E-state index contributed by atoms with van der Waals surface area (Å²) in [6.45, 7) is 13.1. The van der Waals surface area contributed by atoms with Crippen LogP contribution in [0.2, 0.25) is 0 Å². The van der Waals surface area contributed by atoms with Gasteiger partial charge in [-0.05, 0) is 18.3 Å². The SMILES string of the molecule is CCOCC(CNCCOC)C(C)(C)C. The highest BCUT2D eigenvalue weighted by atomic mass is 16.5. The summed E-state index contributed by atoms with van der Waals surface area (Å²) in [4.78, 5) is 0. The first-order valence-corrected chi connectivity index (χ1v) is 5.79. The van der Waals surface area contributed by atoms with Crippen LogP contribution in [0.25, 0.3) is 0 Å². The second kappa shape index (κ2) is 8.08. The normalized spacial score (nSPS) is 14.2. The van der Waals surface area contributed by atoms with E-state index in [-0.39, 0.29) is 5.41 Å². The molecule has 0 fully saturated rings. The van der Waals surface area contributed by atoms with Crippen molar-refractivity contribution >= 4 is 0 Å². The predicted molar refractivity (Wildman–Crippen MR) is 64.2 cm³/mol. The molecule has 1 unspecified atom stereocenters. The Bertz CT molecular complexity index is 143. The molecule has 0 aliphatic carbocycles. The van der Waals surface area contributed by atoms with Crippen molar-refractivity contribution in [2.45, 2.75) is 27.7 Å². The fourth-order valence-electron chi connectivity index (χ4n) is 1.33. The Hall–Kier alpha value is -0.120. The van der Waals surface area contributed by atoms with Gasteiger partial charge in [0.05, 0.1) is 13.2 Å². The van der Waals surface area contributed by atoms with E-state index in [9.17, 15) is 0 Å². The average molecular weight is 217 g/mol. The van der Waals surface area contributed by atoms with E-state index in [0.29, 0.717) is 5.92 Å². The molecule has 0 saturated carbocycles. The largest absolute Gasteiger partial charge is 0.383 e. The van der Waals surface area contributed by atoms with Gasteiger partial charge in [-0.3, -0.25) is 0 Å². The fourth-order valence-corrected chi connectivity index (χ4v) is 1.33. The lowest BCUT2D eigenvalue weighted by atomic mass is 9.81. The molecule has 0 heterocycles. The van der Waals surface area contributed by atoms with Crippen LogP contribution in [0.1, 0.15) is 27.7 Å². The van der Waals surface area contributed by atoms with Crippen molar-refractivity contribution in [1.82, 2.24) is 5.32 Å². The quantitative estimate of drug-likeness (QED) is 0.630. The molecule has 1 N–H and O–H groups in total. The van der Waals surface area contributed by atoms with Gasteiger partial charge in [-0.2, -0.15) is 0 Å². The summed E-state index contributed by atoms with van der Waals surface area (Å²) in [6, 6.07) is 0. The highest BCUT2D eigenvalue weighted by Gasteiger charge is 2.24. The van der Waals surface area contributed by atoms with Gasteiger partial charge in [0.25, 0.3) is 0 Å². The molecule has 3 nitrogen and oxygen atoms in total. The maximum Gasteiger partial charge on any atom is 0.0587 e. The molecule has 1 atom stereocenters. The lowest BCUT2D eigenvalue weighted by Gasteiger charge is -2.30. The van der Waals surface area contributed by atoms with E-state index in [1.165, 1.54) is 0 Å². The minimum atomic E-state index is 0.287. The molecule has 0 aromatic heterocycles. The Morgan fingerprint density at radius 2 is 1.93 bits per heavy atom. The third-order valence-corrected chi connectivity index (χ3v) is 2.62. The molecule has 0 aliphatic heterocycles. The number of ether oxygens (including phenoxy) is 2. The first-order valence-electron chi connectivity index (χ1n) is 5.79. The van der Waals surface area contributed by atoms with Gasteiger partial charge in [0.1, 0.15) is 0 Å². The van der Waals surface area contributed by atoms with Crippen LogP contribution in [0, 0.1) is 11.3 Å². The van der Waals surface area contributed by atoms with E-state index >= 15 is 0 Å². The van der Waals surface area contributed by atoms with E-state index in [1.807, 2.05) is 6.92 Å². The van der Waals surface area contributed by atoms with E-state index in [0.717, 1.165) is 32.9 Å². The summed E-state index contributed by atoms with van der Waals surface area (Å²) in [5.41, 5.74) is 0.287. The number of hydrogen-bond acceptors (Lipinski definition) is 3. The lowest BCUT2D eigenvalue weighted by molar-refractivity contribution is 0.0614. The van der Waals surface area contributed by atoms with Crippen LogP contribution in [-0.4, -0.2) is 40.0 Å². The Morgan fingerprint density at radius 1 is 1.27 bits per heavy atom. The van der Waals surface area contributed by atoms with Crippen LogP contribution in [0.3, 0.4) is 0 Å². The van der Waals surface area contributed by atoms with Gasteiger partial charge in [-0.25, -0.2) is 0 Å². The van der Waals surface area contributed by atoms with Gasteiger partial charge in [0.2, 0.25) is 0 Å². The highest BCUT2D eigenvalue weighted by molar-refractivity contribution is 4.75. The Balaban J connectivity index is 3.81. The van der Waals surface area contributed by atoms with E-state index in [1.54, 1.807) is 7.11 Å². The molecule has 0 radical (unpaired) electrons. The van der Waals surface area contributed by atoms with Crippen molar-refractivity contribution in [3.05, 3.63) is 0 Å². The fraction of sp³-hybridized carbons (Fsp3) is 1.00. The summed E-state index contributed by atoms with van der Waals surface area (Å²) in [5.74, 6) is 0.550. The van der Waals surface area contributed by atoms with Gasteiger partial charge in [0, 0.05) is 26.8 Å². The third kappa shape index (κ3) is 7.77. The summed E-state index contributed by atoms with van der Waals surface area (Å²) < 4.78 is 10.5. The first kappa shape index (κ1) is 14.9. The molecular weight excluding hydrogens is 190 g/mol. The summed E-state index contributed by atoms with van der Waals surface area (Å²) in [6.07, 6.45) is 0. The number of hydrogen-bond donors (Lipinski definition) is 1. The molecular formula is C12H27NO2. The van der Waals surface area contributed by atoms with Crippen molar-refractivity contribution in [1.29, 1.82) is 0 Å². The van der Waals surface area contributed by atoms with Crippen LogP contribution < -0.4 is 5.32 Å². The second-order valence-electron chi connectivity index (χ2n) is 4.92. The Kier molecular flexibility index (Phi) is 8.02. The Morgan fingerprint density at radius 3 is 2.40 bits per heavy atom. The van der Waals surface area contributed by atoms with Crippen LogP contribution >= 0.6 is 0 Å². The van der Waals surface area contributed by atoms with E-state index in [4.69, 9.17) is 9.47 Å². The standard InChI is InChI=1S/C12H27NO2/c1-6-15-10-11(12(2,3)4)9-13-7-8-14-5/h11,13H,6-10H2,1-5H3. The molecule has 0 amide bonds. The topological polar surface area (TPSA) is 30.5 Å². The highest BCUT2D eigenvalue weighted by Crippen LogP contribution is 2.25. The number of methoxy groups -OCH3 is 1. The van der Waals surface area contributed by atoms with Crippen LogP contribution in [0.5, 0.6) is 0 Å². The van der Waals surface area contributed by atoms with Gasteiger partial charge < -0.3 is 14.8 Å². The van der Waals surface area contributed by atoms with Gasteiger partial charge >= 0.3 is 0 Å². The minimum Gasteiger partial charge on any atom is -0.383 e. The molecule has 0 bridgehead atoms. The number of rotatable bonds is 8. The molecule has 0 aliphatic rings. The van der Waals surface area contributed by atoms with Crippen molar-refractivity contribution in [3.8, 4) is 0 Å². The minimum absolute atomic E-state index is 0.287. The van der Waals surface area contributed by atoms with Crippen molar-refractivity contribution in [2.24, 2.45) is 11.3 Å². The van der Waals surface area contributed by atoms with Gasteiger partial charge in [0.15, 0.2) is 0 Å². The average Bonchev–Trinajstić information content (AvgIpc) is 2.15. The maximum absolute atomic E-state index is 5.51. The van der Waals surface area contributed by atoms with Crippen LogP contribution in [0.15, 0.2) is 0 Å². The van der Waals surface area contributed by atoms with Crippen molar-refractivity contribution < 1.29 is 9.47 Å². The van der Waals surface area contributed by atoms with E-state index in [2.05, 4.69) is 26.1 Å². The molecule has 92 valence electrons. The van der Waals surface area contributed by atoms with Gasteiger partial charge in [-0.1, -0.05) is 20.8 Å². The predicted octanol–water partition coefficient (Wildman–Crippen LogP) is 1.92. The molecule has 3 heteroatoms. The van der Waals surface area contributed by atoms with Crippen molar-refractivity contribution in [3.63, 3.8) is 0 Å². The van der Waals surface area contributed by atoms with Crippen LogP contribution in [0.4, 0.5) is 0 Å². The smallest absolute Gasteiger partial charge is 0.0587 e. The zero-order valence-corrected chi connectivity index (χ0v) is 10.9. The molecule has 0 aromatic rings. The lowest BCUT2D eigenvalue weighted by Crippen LogP contribution is -2.36. The number of nitrogens with one attached hydrogen (secondary N) is 1.